The number of nitrogens with one attached hydrogen (secondary N) is 1. The van der Waals surface area contributed by atoms with Gasteiger partial charge in [-0.3, -0.25) is 10.1 Å². The van der Waals surface area contributed by atoms with Crippen LogP contribution in [0.3, 0.4) is 0 Å². The first kappa shape index (κ1) is 14.3. The average Bonchev–Trinajstić information content (AvgIpc) is 2.26. The molecule has 0 spiro atoms. The van der Waals surface area contributed by atoms with E-state index in [1.165, 1.54) is 24.3 Å². The Morgan fingerprint density at radius 3 is 2.56 bits per heavy atom. The van der Waals surface area contributed by atoms with Gasteiger partial charge >= 0.3 is 12.3 Å². The minimum absolute atomic E-state index is 0.102. The average molecular weight is 282 g/mol. The second-order valence-corrected chi connectivity index (χ2v) is 3.51. The van der Waals surface area contributed by atoms with Gasteiger partial charge in [0.05, 0.1) is 0 Å². The van der Waals surface area contributed by atoms with Gasteiger partial charge in [-0.05, 0) is 29.8 Å². The molecule has 8 heteroatoms. The van der Waals surface area contributed by atoms with Gasteiger partial charge in [-0.25, -0.2) is 4.79 Å². The third kappa shape index (κ3) is 5.05. The van der Waals surface area contributed by atoms with Gasteiger partial charge < -0.3 is 4.74 Å². The maximum absolute atomic E-state index is 11.8. The molecule has 0 saturated heterocycles. The Kier molecular flexibility index (Phi) is 4.55. The molecule has 1 amide bonds. The van der Waals surface area contributed by atoms with Gasteiger partial charge in [0, 0.05) is 11.3 Å². The zero-order valence-electron chi connectivity index (χ0n) is 8.75. The molecule has 1 rings (SSSR count). The number of carbonyl (C=O) groups is 2. The summed E-state index contributed by atoms with van der Waals surface area (Å²) in [7, 11) is 0. The van der Waals surface area contributed by atoms with E-state index in [1.807, 2.05) is 5.32 Å². The summed E-state index contributed by atoms with van der Waals surface area (Å²) >= 11 is 5.20. The van der Waals surface area contributed by atoms with E-state index in [-0.39, 0.29) is 11.3 Å². The lowest BCUT2D eigenvalue weighted by molar-refractivity contribution is -0.159. The SMILES string of the molecule is O=C(Nc1cccc(C(=O)Cl)c1)OCC(F)(F)F. The Hall–Kier alpha value is -1.76. The van der Waals surface area contributed by atoms with Crippen LogP contribution in [-0.4, -0.2) is 24.1 Å². The first-order valence-corrected chi connectivity index (χ1v) is 4.96. The van der Waals surface area contributed by atoms with Gasteiger partial charge in [0.25, 0.3) is 5.24 Å². The second kappa shape index (κ2) is 5.72. The highest BCUT2D eigenvalue weighted by atomic mass is 35.5. The quantitative estimate of drug-likeness (QED) is 0.866. The summed E-state index contributed by atoms with van der Waals surface area (Å²) in [6.07, 6.45) is -5.86. The van der Waals surface area contributed by atoms with E-state index >= 15 is 0 Å². The van der Waals surface area contributed by atoms with Crippen molar-refractivity contribution < 1.29 is 27.5 Å². The smallest absolute Gasteiger partial charge is 0.422 e. The third-order valence-corrected chi connectivity index (χ3v) is 1.92. The fraction of sp³-hybridized carbons (Fsp3) is 0.200. The molecule has 98 valence electrons. The van der Waals surface area contributed by atoms with Gasteiger partial charge in [0.2, 0.25) is 0 Å². The number of ether oxygens (including phenoxy) is 1. The van der Waals surface area contributed by atoms with Gasteiger partial charge in [-0.15, -0.1) is 0 Å². The minimum atomic E-state index is -4.59. The van der Waals surface area contributed by atoms with Crippen molar-refractivity contribution in [3.05, 3.63) is 29.8 Å². The van der Waals surface area contributed by atoms with Gasteiger partial charge in [-0.1, -0.05) is 6.07 Å². The first-order valence-electron chi connectivity index (χ1n) is 4.58. The maximum Gasteiger partial charge on any atom is 0.422 e. The number of benzene rings is 1. The highest BCUT2D eigenvalue weighted by molar-refractivity contribution is 6.67. The summed E-state index contributed by atoms with van der Waals surface area (Å²) in [5.41, 5.74) is 0.207. The van der Waals surface area contributed by atoms with Crippen LogP contribution in [0, 0.1) is 0 Å². The fourth-order valence-corrected chi connectivity index (χ4v) is 1.14. The summed E-state index contributed by atoms with van der Waals surface area (Å²) < 4.78 is 39.2. The Morgan fingerprint density at radius 2 is 2.00 bits per heavy atom. The third-order valence-electron chi connectivity index (χ3n) is 1.70. The van der Waals surface area contributed by atoms with Crippen molar-refractivity contribution in [2.24, 2.45) is 0 Å². The number of amides is 1. The number of anilines is 1. The zero-order valence-corrected chi connectivity index (χ0v) is 9.51. The molecule has 1 N–H and O–H groups in total. The molecule has 4 nitrogen and oxygen atoms in total. The number of carbonyl (C=O) groups excluding carboxylic acids is 2. The van der Waals surface area contributed by atoms with Crippen molar-refractivity contribution >= 4 is 28.6 Å². The van der Waals surface area contributed by atoms with Crippen LogP contribution in [-0.2, 0) is 4.74 Å². The molecular weight excluding hydrogens is 275 g/mol. The Morgan fingerprint density at radius 1 is 1.33 bits per heavy atom. The van der Waals surface area contributed by atoms with Crippen molar-refractivity contribution in [3.63, 3.8) is 0 Å². The number of alkyl halides is 3. The van der Waals surface area contributed by atoms with Crippen LogP contribution in [0.25, 0.3) is 0 Å². The first-order chi connectivity index (χ1) is 8.28. The molecule has 0 fully saturated rings. The fourth-order valence-electron chi connectivity index (χ4n) is 1.02. The highest BCUT2D eigenvalue weighted by Gasteiger charge is 2.29. The molecule has 0 aliphatic carbocycles. The summed E-state index contributed by atoms with van der Waals surface area (Å²) in [5, 5.41) is 1.29. The Bertz CT molecular complexity index is 462. The van der Waals surface area contributed by atoms with E-state index in [4.69, 9.17) is 11.6 Å². The molecule has 0 unspecified atom stereocenters. The number of rotatable bonds is 3. The monoisotopic (exact) mass is 281 g/mol. The van der Waals surface area contributed by atoms with Crippen molar-refractivity contribution in [3.8, 4) is 0 Å². The molecular formula is C10H7ClF3NO3. The molecule has 0 bridgehead atoms. The van der Waals surface area contributed by atoms with Crippen molar-refractivity contribution in [1.29, 1.82) is 0 Å². The number of halogens is 4. The van der Waals surface area contributed by atoms with E-state index in [0.29, 0.717) is 0 Å². The molecule has 18 heavy (non-hydrogen) atoms. The molecule has 0 aliphatic heterocycles. The molecule has 0 aliphatic rings. The topological polar surface area (TPSA) is 55.4 Å². The lowest BCUT2D eigenvalue weighted by atomic mass is 10.2. The molecule has 0 heterocycles. The maximum atomic E-state index is 11.8. The lowest BCUT2D eigenvalue weighted by Gasteiger charge is -2.09. The summed E-state index contributed by atoms with van der Waals surface area (Å²) in [6.45, 7) is -1.69. The van der Waals surface area contributed by atoms with Gasteiger partial charge in [-0.2, -0.15) is 13.2 Å². The van der Waals surface area contributed by atoms with E-state index in [9.17, 15) is 22.8 Å². The van der Waals surface area contributed by atoms with E-state index in [2.05, 4.69) is 4.74 Å². The van der Waals surface area contributed by atoms with E-state index in [0.717, 1.165) is 0 Å². The van der Waals surface area contributed by atoms with E-state index in [1.54, 1.807) is 0 Å². The van der Waals surface area contributed by atoms with Crippen LogP contribution < -0.4 is 5.32 Å². The largest absolute Gasteiger partial charge is 0.440 e. The predicted octanol–water partition coefficient (Wildman–Crippen LogP) is 3.18. The number of hydrogen-bond donors (Lipinski definition) is 1. The van der Waals surface area contributed by atoms with Crippen LogP contribution in [0.2, 0.25) is 0 Å². The zero-order chi connectivity index (χ0) is 13.8. The van der Waals surface area contributed by atoms with Crippen LogP contribution in [0.5, 0.6) is 0 Å². The van der Waals surface area contributed by atoms with Crippen LogP contribution in [0.4, 0.5) is 23.7 Å². The molecule has 0 aromatic heterocycles. The second-order valence-electron chi connectivity index (χ2n) is 3.17. The van der Waals surface area contributed by atoms with Crippen LogP contribution in [0.15, 0.2) is 24.3 Å². The predicted molar refractivity (Wildman–Crippen MR) is 57.7 cm³/mol. The minimum Gasteiger partial charge on any atom is -0.440 e. The Labute approximate surface area is 105 Å². The van der Waals surface area contributed by atoms with Crippen LogP contribution >= 0.6 is 11.6 Å². The summed E-state index contributed by atoms with van der Waals surface area (Å²) in [6, 6.07) is 5.39. The lowest BCUT2D eigenvalue weighted by Crippen LogP contribution is -2.23. The molecule has 1 aromatic rings. The standard InChI is InChI=1S/C10H7ClF3NO3/c11-8(16)6-2-1-3-7(4-6)15-9(17)18-5-10(12,13)14/h1-4H,5H2,(H,15,17). The molecule has 0 atom stereocenters. The van der Waals surface area contributed by atoms with Gasteiger partial charge in [0.1, 0.15) is 0 Å². The van der Waals surface area contributed by atoms with Crippen molar-refractivity contribution in [1.82, 2.24) is 0 Å². The normalized spacial score (nSPS) is 10.9. The van der Waals surface area contributed by atoms with Crippen molar-refractivity contribution in [2.45, 2.75) is 6.18 Å². The van der Waals surface area contributed by atoms with Gasteiger partial charge in [0.15, 0.2) is 6.61 Å². The molecule has 0 saturated carbocycles. The highest BCUT2D eigenvalue weighted by Crippen LogP contribution is 2.16. The molecule has 1 aromatic carbocycles. The van der Waals surface area contributed by atoms with Crippen LogP contribution in [0.1, 0.15) is 10.4 Å². The number of hydrogen-bond acceptors (Lipinski definition) is 3. The summed E-state index contributed by atoms with van der Waals surface area (Å²) in [4.78, 5) is 21.8. The molecule has 0 radical (unpaired) electrons. The van der Waals surface area contributed by atoms with Crippen molar-refractivity contribution in [2.75, 3.05) is 11.9 Å². The summed E-state index contributed by atoms with van der Waals surface area (Å²) in [5.74, 6) is 0. The van der Waals surface area contributed by atoms with E-state index < -0.39 is 24.1 Å². The Balaban J connectivity index is 2.59.